The Bertz CT molecular complexity index is 1190. The van der Waals surface area contributed by atoms with Crippen LogP contribution in [0.25, 0.3) is 10.9 Å². The maximum atomic E-state index is 11.3. The Morgan fingerprint density at radius 2 is 2.06 bits per heavy atom. The van der Waals surface area contributed by atoms with Gasteiger partial charge in [0.25, 0.3) is 0 Å². The molecule has 158 valence electrons. The van der Waals surface area contributed by atoms with Gasteiger partial charge in [-0.2, -0.15) is 4.98 Å². The summed E-state index contributed by atoms with van der Waals surface area (Å²) in [5.74, 6) is 1.34. The summed E-state index contributed by atoms with van der Waals surface area (Å²) >= 11 is 0. The summed E-state index contributed by atoms with van der Waals surface area (Å²) < 4.78 is 5.90. The summed E-state index contributed by atoms with van der Waals surface area (Å²) in [6.45, 7) is 0.176. The van der Waals surface area contributed by atoms with Gasteiger partial charge in [-0.1, -0.05) is 24.3 Å². The van der Waals surface area contributed by atoms with E-state index in [-0.39, 0.29) is 12.6 Å². The van der Waals surface area contributed by atoms with Crippen molar-refractivity contribution in [1.82, 2.24) is 20.3 Å². The molecule has 0 aliphatic rings. The lowest BCUT2D eigenvalue weighted by Gasteiger charge is -2.18. The van der Waals surface area contributed by atoms with Crippen molar-refractivity contribution in [3.8, 4) is 5.75 Å². The fourth-order valence-corrected chi connectivity index (χ4v) is 3.34. The molecule has 1 atom stereocenters. The largest absolute Gasteiger partial charge is 0.491 e. The zero-order valence-electron chi connectivity index (χ0n) is 16.6. The highest BCUT2D eigenvalue weighted by molar-refractivity contribution is 5.83. The van der Waals surface area contributed by atoms with Crippen LogP contribution in [0.3, 0.4) is 0 Å². The molecule has 2 aromatic carbocycles. The van der Waals surface area contributed by atoms with Gasteiger partial charge in [0.15, 0.2) is 0 Å². The van der Waals surface area contributed by atoms with Gasteiger partial charge < -0.3 is 31.2 Å². The standard InChI is InChI=1S/C22H22N6O3/c23-21-24-9-8-20(28-21)26-15-4-3-5-17(11-15)31-13-16(27-22(29)30)10-14-12-25-19-7-2-1-6-18(14)19/h1-9,11-12,16,25,27H,10,13H2,(H,29,30)(H3,23,24,26,28)/t16-/m0/s1. The van der Waals surface area contributed by atoms with Crippen molar-refractivity contribution in [3.63, 3.8) is 0 Å². The van der Waals surface area contributed by atoms with E-state index in [0.29, 0.717) is 18.0 Å². The number of nitrogen functional groups attached to an aromatic ring is 1. The van der Waals surface area contributed by atoms with Crippen molar-refractivity contribution in [2.75, 3.05) is 17.7 Å². The number of nitrogens with zero attached hydrogens (tertiary/aromatic N) is 2. The van der Waals surface area contributed by atoms with E-state index in [2.05, 4.69) is 25.6 Å². The average molecular weight is 418 g/mol. The molecule has 6 N–H and O–H groups in total. The smallest absolute Gasteiger partial charge is 0.405 e. The summed E-state index contributed by atoms with van der Waals surface area (Å²) in [6.07, 6.45) is 2.87. The topological polar surface area (TPSA) is 138 Å². The van der Waals surface area contributed by atoms with E-state index in [1.807, 2.05) is 54.7 Å². The maximum Gasteiger partial charge on any atom is 0.405 e. The number of hydrogen-bond donors (Lipinski definition) is 5. The molecule has 0 spiro atoms. The van der Waals surface area contributed by atoms with E-state index in [0.717, 1.165) is 22.2 Å². The molecular weight excluding hydrogens is 396 g/mol. The molecule has 31 heavy (non-hydrogen) atoms. The second-order valence-electron chi connectivity index (χ2n) is 6.97. The lowest BCUT2D eigenvalue weighted by atomic mass is 10.1. The molecule has 0 saturated carbocycles. The van der Waals surface area contributed by atoms with Crippen molar-refractivity contribution >= 4 is 34.4 Å². The fourth-order valence-electron chi connectivity index (χ4n) is 3.34. The summed E-state index contributed by atoms with van der Waals surface area (Å²) in [7, 11) is 0. The number of anilines is 3. The normalized spacial score (nSPS) is 11.7. The van der Waals surface area contributed by atoms with Crippen molar-refractivity contribution in [2.45, 2.75) is 12.5 Å². The quantitative estimate of drug-likeness (QED) is 0.295. The van der Waals surface area contributed by atoms with Gasteiger partial charge in [0, 0.05) is 35.1 Å². The molecule has 0 aliphatic heterocycles. The SMILES string of the molecule is Nc1nccc(Nc2cccc(OC[C@H](Cc3c[nH]c4ccccc34)NC(=O)O)c2)n1. The first-order valence-corrected chi connectivity index (χ1v) is 9.70. The van der Waals surface area contributed by atoms with Crippen LogP contribution >= 0.6 is 0 Å². The number of carbonyl (C=O) groups is 1. The van der Waals surface area contributed by atoms with Crippen molar-refractivity contribution in [1.29, 1.82) is 0 Å². The van der Waals surface area contributed by atoms with Gasteiger partial charge >= 0.3 is 6.09 Å². The van der Waals surface area contributed by atoms with E-state index in [4.69, 9.17) is 10.5 Å². The van der Waals surface area contributed by atoms with Gasteiger partial charge in [0.2, 0.25) is 5.95 Å². The minimum Gasteiger partial charge on any atom is -0.491 e. The molecule has 0 radical (unpaired) electrons. The van der Waals surface area contributed by atoms with Crippen LogP contribution < -0.4 is 21.1 Å². The number of ether oxygens (including phenoxy) is 1. The van der Waals surface area contributed by atoms with E-state index >= 15 is 0 Å². The molecular formula is C22H22N6O3. The molecule has 0 unspecified atom stereocenters. The number of para-hydroxylation sites is 1. The van der Waals surface area contributed by atoms with Crippen LogP contribution in [0.5, 0.6) is 5.75 Å². The number of H-pyrrole nitrogens is 1. The van der Waals surface area contributed by atoms with Crippen LogP contribution in [-0.2, 0) is 6.42 Å². The minimum absolute atomic E-state index is 0.176. The van der Waals surface area contributed by atoms with Gasteiger partial charge in [-0.3, -0.25) is 0 Å². The average Bonchev–Trinajstić information content (AvgIpc) is 3.15. The minimum atomic E-state index is -1.09. The Morgan fingerprint density at radius 1 is 1.19 bits per heavy atom. The van der Waals surface area contributed by atoms with E-state index in [1.165, 1.54) is 0 Å². The molecule has 9 heteroatoms. The maximum absolute atomic E-state index is 11.3. The first-order valence-electron chi connectivity index (χ1n) is 9.70. The molecule has 0 aliphatic carbocycles. The Labute approximate surface area is 178 Å². The monoisotopic (exact) mass is 418 g/mol. The molecule has 0 fully saturated rings. The van der Waals surface area contributed by atoms with Crippen LogP contribution in [-0.4, -0.2) is 38.8 Å². The Hall–Kier alpha value is -4.27. The molecule has 1 amide bonds. The number of hydrogen-bond acceptors (Lipinski definition) is 6. The summed E-state index contributed by atoms with van der Waals surface area (Å²) in [5, 5.41) is 16.0. The van der Waals surface area contributed by atoms with Gasteiger partial charge in [-0.15, -0.1) is 0 Å². The highest BCUT2D eigenvalue weighted by Gasteiger charge is 2.16. The summed E-state index contributed by atoms with van der Waals surface area (Å²) in [5.41, 5.74) is 8.40. The van der Waals surface area contributed by atoms with Gasteiger partial charge in [-0.25, -0.2) is 9.78 Å². The summed E-state index contributed by atoms with van der Waals surface area (Å²) in [4.78, 5) is 22.5. The number of nitrogens with one attached hydrogen (secondary N) is 3. The number of nitrogens with two attached hydrogens (primary N) is 1. The number of aromatic amines is 1. The number of carboxylic acid groups (broad SMARTS) is 1. The third-order valence-electron chi connectivity index (χ3n) is 4.70. The first kappa shape index (κ1) is 20.0. The zero-order valence-corrected chi connectivity index (χ0v) is 16.6. The van der Waals surface area contributed by atoms with Crippen LogP contribution in [0, 0.1) is 0 Å². The van der Waals surface area contributed by atoms with Crippen LogP contribution in [0.4, 0.5) is 22.2 Å². The second-order valence-corrected chi connectivity index (χ2v) is 6.97. The van der Waals surface area contributed by atoms with Crippen molar-refractivity contribution in [3.05, 3.63) is 72.6 Å². The molecule has 4 aromatic rings. The fraction of sp³-hybridized carbons (Fsp3) is 0.136. The molecule has 9 nitrogen and oxygen atoms in total. The molecule has 2 heterocycles. The van der Waals surface area contributed by atoms with Crippen molar-refractivity contribution in [2.24, 2.45) is 0 Å². The van der Waals surface area contributed by atoms with Crippen LogP contribution in [0.1, 0.15) is 5.56 Å². The zero-order chi connectivity index (χ0) is 21.6. The van der Waals surface area contributed by atoms with E-state index < -0.39 is 12.1 Å². The van der Waals surface area contributed by atoms with Crippen LogP contribution in [0.2, 0.25) is 0 Å². The Morgan fingerprint density at radius 3 is 2.90 bits per heavy atom. The highest BCUT2D eigenvalue weighted by Crippen LogP contribution is 2.22. The molecule has 4 rings (SSSR count). The van der Waals surface area contributed by atoms with Gasteiger partial charge in [0.05, 0.1) is 6.04 Å². The number of rotatable bonds is 8. The Kier molecular flexibility index (Phi) is 5.84. The third-order valence-corrected chi connectivity index (χ3v) is 4.70. The lowest BCUT2D eigenvalue weighted by Crippen LogP contribution is -2.39. The van der Waals surface area contributed by atoms with E-state index in [1.54, 1.807) is 12.3 Å². The third kappa shape index (κ3) is 5.21. The van der Waals surface area contributed by atoms with Crippen LogP contribution in [0.15, 0.2) is 67.0 Å². The molecule has 0 saturated heterocycles. The summed E-state index contributed by atoms with van der Waals surface area (Å²) in [6, 6.07) is 16.5. The predicted molar refractivity (Wildman–Crippen MR) is 119 cm³/mol. The van der Waals surface area contributed by atoms with E-state index in [9.17, 15) is 9.90 Å². The first-order chi connectivity index (χ1) is 15.1. The van der Waals surface area contributed by atoms with Crippen molar-refractivity contribution < 1.29 is 14.6 Å². The lowest BCUT2D eigenvalue weighted by molar-refractivity contribution is 0.181. The highest BCUT2D eigenvalue weighted by atomic mass is 16.5. The molecule has 0 bridgehead atoms. The predicted octanol–water partition coefficient (Wildman–Crippen LogP) is 3.54. The number of amides is 1. The second kappa shape index (κ2) is 9.04. The van der Waals surface area contributed by atoms with Gasteiger partial charge in [0.1, 0.15) is 18.2 Å². The van der Waals surface area contributed by atoms with Gasteiger partial charge in [-0.05, 0) is 36.2 Å². The number of aromatic nitrogens is 3. The number of benzene rings is 2. The molecule has 2 aromatic heterocycles. The number of fused-ring (bicyclic) bond motifs is 1. The Balaban J connectivity index is 1.44.